The van der Waals surface area contributed by atoms with E-state index >= 15 is 0 Å². The third kappa shape index (κ3) is 3.39. The first kappa shape index (κ1) is 17.5. The Bertz CT molecular complexity index is 676. The summed E-state index contributed by atoms with van der Waals surface area (Å²) < 4.78 is 37.8. The minimum Gasteiger partial charge on any atom is -0.472 e. The number of hydrogen-bond donors (Lipinski definition) is 0. The van der Waals surface area contributed by atoms with Crippen molar-refractivity contribution in [2.24, 2.45) is 11.3 Å². The lowest BCUT2D eigenvalue weighted by Gasteiger charge is -2.42. The van der Waals surface area contributed by atoms with Gasteiger partial charge in [0.1, 0.15) is 0 Å². The Morgan fingerprint density at radius 1 is 1.32 bits per heavy atom. The number of rotatable bonds is 6. The lowest BCUT2D eigenvalue weighted by molar-refractivity contribution is 0.0357. The Morgan fingerprint density at radius 3 is 2.68 bits per heavy atom. The fraction of sp³-hybridized carbons (Fsp3) is 0.778. The van der Waals surface area contributed by atoms with Crippen LogP contribution in [0.2, 0.25) is 0 Å². The molecule has 3 heterocycles. The van der Waals surface area contributed by atoms with E-state index in [0.717, 1.165) is 45.3 Å². The van der Waals surface area contributed by atoms with Crippen molar-refractivity contribution < 1.29 is 17.6 Å². The summed E-state index contributed by atoms with van der Waals surface area (Å²) in [5, 5.41) is -0.118. The van der Waals surface area contributed by atoms with Crippen LogP contribution in [0, 0.1) is 11.3 Å². The van der Waals surface area contributed by atoms with Crippen LogP contribution in [0.4, 0.5) is 0 Å². The van der Waals surface area contributed by atoms with Crippen LogP contribution >= 0.6 is 0 Å². The summed E-state index contributed by atoms with van der Waals surface area (Å²) in [5.74, 6) is 0.308. The number of piperidine rings is 1. The molecule has 1 saturated carbocycles. The minimum absolute atomic E-state index is 0.0743. The van der Waals surface area contributed by atoms with Crippen molar-refractivity contribution >= 4 is 10.0 Å². The summed E-state index contributed by atoms with van der Waals surface area (Å²) in [6.07, 6.45) is 7.26. The van der Waals surface area contributed by atoms with Crippen LogP contribution in [0.5, 0.6) is 0 Å². The Balaban J connectivity index is 1.44. The van der Waals surface area contributed by atoms with Crippen LogP contribution < -0.4 is 0 Å². The standard InChI is InChI=1S/C18H28N2O4S/c1-23-13-16-11-20(25(21,22)17-2-3-17)14-18(16)5-7-19(8-6-18)10-15-4-9-24-12-15/h4,9,12,16-17H,2-3,5-8,10-11,13-14H2,1H3. The van der Waals surface area contributed by atoms with Gasteiger partial charge in [0.25, 0.3) is 0 Å². The van der Waals surface area contributed by atoms with Crippen LogP contribution in [-0.2, 0) is 21.3 Å². The lowest BCUT2D eigenvalue weighted by atomic mass is 9.71. The third-order valence-electron chi connectivity index (χ3n) is 6.29. The molecule has 2 aliphatic heterocycles. The largest absolute Gasteiger partial charge is 0.472 e. The highest BCUT2D eigenvalue weighted by atomic mass is 32.2. The number of sulfonamides is 1. The van der Waals surface area contributed by atoms with Gasteiger partial charge in [-0.25, -0.2) is 12.7 Å². The van der Waals surface area contributed by atoms with E-state index in [2.05, 4.69) is 4.90 Å². The number of ether oxygens (including phenoxy) is 1. The minimum atomic E-state index is -3.09. The van der Waals surface area contributed by atoms with Gasteiger partial charge in [-0.1, -0.05) is 0 Å². The highest BCUT2D eigenvalue weighted by molar-refractivity contribution is 7.90. The molecule has 25 heavy (non-hydrogen) atoms. The molecule has 1 aliphatic carbocycles. The van der Waals surface area contributed by atoms with E-state index in [0.29, 0.717) is 25.6 Å². The topological polar surface area (TPSA) is 63.0 Å². The van der Waals surface area contributed by atoms with E-state index < -0.39 is 10.0 Å². The fourth-order valence-electron chi connectivity index (χ4n) is 4.55. The molecule has 0 amide bonds. The molecule has 0 N–H and O–H groups in total. The summed E-state index contributed by atoms with van der Waals surface area (Å²) in [6, 6.07) is 2.01. The predicted octanol–water partition coefficient (Wildman–Crippen LogP) is 1.93. The van der Waals surface area contributed by atoms with Gasteiger partial charge in [0.2, 0.25) is 10.0 Å². The summed E-state index contributed by atoms with van der Waals surface area (Å²) in [4.78, 5) is 2.44. The number of hydrogen-bond acceptors (Lipinski definition) is 5. The first-order valence-electron chi connectivity index (χ1n) is 9.25. The molecule has 1 spiro atoms. The zero-order valence-corrected chi connectivity index (χ0v) is 15.7. The molecule has 1 aromatic heterocycles. The van der Waals surface area contributed by atoms with Crippen LogP contribution in [0.15, 0.2) is 23.0 Å². The molecule has 3 aliphatic rings. The molecule has 140 valence electrons. The van der Waals surface area contributed by atoms with Gasteiger partial charge in [-0.15, -0.1) is 0 Å². The zero-order valence-electron chi connectivity index (χ0n) is 14.9. The Labute approximate surface area is 150 Å². The molecule has 2 saturated heterocycles. The smallest absolute Gasteiger partial charge is 0.217 e. The van der Waals surface area contributed by atoms with Crippen LogP contribution in [0.25, 0.3) is 0 Å². The molecular formula is C18H28N2O4S. The average molecular weight is 368 g/mol. The van der Waals surface area contributed by atoms with Crippen molar-refractivity contribution in [3.63, 3.8) is 0 Å². The molecule has 1 aromatic rings. The van der Waals surface area contributed by atoms with Crippen LogP contribution in [0.3, 0.4) is 0 Å². The molecule has 1 unspecified atom stereocenters. The van der Waals surface area contributed by atoms with Gasteiger partial charge in [0.15, 0.2) is 0 Å². The third-order valence-corrected chi connectivity index (χ3v) is 8.60. The molecule has 6 nitrogen and oxygen atoms in total. The Kier molecular flexibility index (Phi) is 4.68. The zero-order chi connectivity index (χ0) is 17.5. The maximum Gasteiger partial charge on any atom is 0.217 e. The number of likely N-dealkylation sites (tertiary alicyclic amines) is 1. The normalized spacial score (nSPS) is 28.0. The molecule has 4 rings (SSSR count). The van der Waals surface area contributed by atoms with Crippen molar-refractivity contribution in [1.29, 1.82) is 0 Å². The number of methoxy groups -OCH3 is 1. The predicted molar refractivity (Wildman–Crippen MR) is 94.5 cm³/mol. The van der Waals surface area contributed by atoms with Crippen molar-refractivity contribution in [2.75, 3.05) is 39.9 Å². The second-order valence-corrected chi connectivity index (χ2v) is 10.2. The van der Waals surface area contributed by atoms with E-state index in [-0.39, 0.29) is 10.7 Å². The summed E-state index contributed by atoms with van der Waals surface area (Å²) >= 11 is 0. The van der Waals surface area contributed by atoms with E-state index in [1.54, 1.807) is 23.9 Å². The molecular weight excluding hydrogens is 340 g/mol. The molecule has 3 fully saturated rings. The molecule has 7 heteroatoms. The quantitative estimate of drug-likeness (QED) is 0.768. The van der Waals surface area contributed by atoms with Gasteiger partial charge in [0.05, 0.1) is 24.4 Å². The highest BCUT2D eigenvalue weighted by Crippen LogP contribution is 2.47. The summed E-state index contributed by atoms with van der Waals surface area (Å²) in [5.41, 5.74) is 1.28. The van der Waals surface area contributed by atoms with Crippen molar-refractivity contribution in [3.8, 4) is 0 Å². The van der Waals surface area contributed by atoms with Crippen LogP contribution in [-0.4, -0.2) is 62.8 Å². The second-order valence-electron chi connectivity index (χ2n) is 7.96. The molecule has 0 bridgehead atoms. The van der Waals surface area contributed by atoms with E-state index in [9.17, 15) is 8.42 Å². The van der Waals surface area contributed by atoms with Gasteiger partial charge in [-0.05, 0) is 50.3 Å². The Hall–Kier alpha value is -0.890. The van der Waals surface area contributed by atoms with E-state index in [4.69, 9.17) is 9.15 Å². The lowest BCUT2D eigenvalue weighted by Crippen LogP contribution is -2.45. The van der Waals surface area contributed by atoms with Gasteiger partial charge in [-0.3, -0.25) is 4.90 Å². The molecule has 0 aromatic carbocycles. The monoisotopic (exact) mass is 368 g/mol. The number of furan rings is 1. The first-order valence-corrected chi connectivity index (χ1v) is 10.8. The summed E-state index contributed by atoms with van der Waals surface area (Å²) in [6.45, 7) is 4.88. The SMILES string of the molecule is COCC1CN(S(=O)(=O)C2CC2)CC12CCN(Cc1ccoc1)CC2. The van der Waals surface area contributed by atoms with E-state index in [1.165, 1.54) is 5.56 Å². The second kappa shape index (κ2) is 6.68. The summed E-state index contributed by atoms with van der Waals surface area (Å²) in [7, 11) is -1.37. The van der Waals surface area contributed by atoms with Crippen molar-refractivity contribution in [2.45, 2.75) is 37.5 Å². The van der Waals surface area contributed by atoms with Gasteiger partial charge >= 0.3 is 0 Å². The average Bonchev–Trinajstić information content (AvgIpc) is 3.25. The van der Waals surface area contributed by atoms with E-state index in [1.807, 2.05) is 6.07 Å². The molecule has 0 radical (unpaired) electrons. The fourth-order valence-corrected chi connectivity index (χ4v) is 6.53. The molecule has 1 atom stereocenters. The van der Waals surface area contributed by atoms with Gasteiger partial charge < -0.3 is 9.15 Å². The maximum atomic E-state index is 12.7. The van der Waals surface area contributed by atoms with Crippen molar-refractivity contribution in [3.05, 3.63) is 24.2 Å². The number of nitrogens with zero attached hydrogens (tertiary/aromatic N) is 2. The van der Waals surface area contributed by atoms with Crippen molar-refractivity contribution in [1.82, 2.24) is 9.21 Å². The maximum absolute atomic E-state index is 12.7. The Morgan fingerprint density at radius 2 is 2.08 bits per heavy atom. The first-order chi connectivity index (χ1) is 12.0. The van der Waals surface area contributed by atoms with Gasteiger partial charge in [0, 0.05) is 38.2 Å². The van der Waals surface area contributed by atoms with Gasteiger partial charge in [-0.2, -0.15) is 0 Å². The van der Waals surface area contributed by atoms with Crippen LogP contribution in [0.1, 0.15) is 31.2 Å². The highest BCUT2D eigenvalue weighted by Gasteiger charge is 2.53.